The predicted molar refractivity (Wildman–Crippen MR) is 74.4 cm³/mol. The molecule has 0 aliphatic rings. The number of hydrogen-bond acceptors (Lipinski definition) is 4. The first kappa shape index (κ1) is 17.0. The number of halogens is 3. The third kappa shape index (κ3) is 5.74. The van der Waals surface area contributed by atoms with Gasteiger partial charge in [-0.25, -0.2) is 4.68 Å². The third-order valence-corrected chi connectivity index (χ3v) is 2.89. The molecule has 0 saturated heterocycles. The number of amides is 1. The van der Waals surface area contributed by atoms with E-state index in [4.69, 9.17) is 0 Å². The van der Waals surface area contributed by atoms with Gasteiger partial charge in [0.2, 0.25) is 5.91 Å². The molecule has 0 aliphatic carbocycles. The molecule has 1 N–H and O–H groups in total. The molecule has 2 rings (SSSR count). The Hall–Kier alpha value is -2.36. The highest BCUT2D eigenvalue weighted by Gasteiger charge is 2.27. The third-order valence-electron chi connectivity index (χ3n) is 2.89. The molecule has 0 spiro atoms. The molecular formula is C13H16F3N5O2. The van der Waals surface area contributed by atoms with Crippen LogP contribution < -0.4 is 5.32 Å². The van der Waals surface area contributed by atoms with E-state index in [0.717, 1.165) is 5.69 Å². The van der Waals surface area contributed by atoms with Crippen molar-refractivity contribution in [1.29, 1.82) is 0 Å². The summed E-state index contributed by atoms with van der Waals surface area (Å²) in [5, 5.41) is 10.5. The maximum atomic E-state index is 11.9. The smallest absolute Gasteiger partial charge is 0.350 e. The molecule has 2 aromatic heterocycles. The number of carbonyl (C=O) groups is 1. The fourth-order valence-corrected chi connectivity index (χ4v) is 1.82. The molecule has 7 nitrogen and oxygen atoms in total. The molecule has 0 radical (unpaired) electrons. The number of alkyl halides is 3. The summed E-state index contributed by atoms with van der Waals surface area (Å²) in [5.74, 6) is -0.240. The molecular weight excluding hydrogens is 315 g/mol. The minimum atomic E-state index is -4.38. The number of aromatic nitrogens is 4. The normalized spacial score (nSPS) is 11.7. The van der Waals surface area contributed by atoms with Gasteiger partial charge in [0.05, 0.1) is 18.1 Å². The van der Waals surface area contributed by atoms with Crippen molar-refractivity contribution in [3.63, 3.8) is 0 Å². The standard InChI is InChI=1S/C13H16F3N5O2/c1-10-2-4-17-21(10)5-3-12(22)19-11-6-18-20(7-11)9-23-8-13(14,15)16/h2,4,6-7H,3,5,8-9H2,1H3,(H,19,22). The van der Waals surface area contributed by atoms with Crippen molar-refractivity contribution < 1.29 is 22.7 Å². The van der Waals surface area contributed by atoms with Crippen LogP contribution in [0.3, 0.4) is 0 Å². The van der Waals surface area contributed by atoms with Gasteiger partial charge in [-0.2, -0.15) is 23.4 Å². The summed E-state index contributed by atoms with van der Waals surface area (Å²) in [6.45, 7) is 0.628. The second-order valence-electron chi connectivity index (χ2n) is 4.86. The van der Waals surface area contributed by atoms with Crippen LogP contribution in [0.2, 0.25) is 0 Å². The first-order valence-electron chi connectivity index (χ1n) is 6.79. The van der Waals surface area contributed by atoms with Gasteiger partial charge in [-0.05, 0) is 13.0 Å². The quantitative estimate of drug-likeness (QED) is 0.842. The number of carbonyl (C=O) groups excluding carboxylic acids is 1. The molecule has 10 heteroatoms. The number of nitrogens with one attached hydrogen (secondary N) is 1. The molecule has 23 heavy (non-hydrogen) atoms. The number of nitrogens with zero attached hydrogens (tertiary/aromatic N) is 4. The summed E-state index contributed by atoms with van der Waals surface area (Å²) in [6, 6.07) is 1.84. The molecule has 2 aromatic rings. The maximum Gasteiger partial charge on any atom is 0.411 e. The van der Waals surface area contributed by atoms with Gasteiger partial charge in [-0.1, -0.05) is 0 Å². The minimum absolute atomic E-state index is 0.221. The second kappa shape index (κ2) is 7.27. The van der Waals surface area contributed by atoms with Crippen molar-refractivity contribution in [3.05, 3.63) is 30.4 Å². The van der Waals surface area contributed by atoms with Crippen LogP contribution in [0.4, 0.5) is 18.9 Å². The van der Waals surface area contributed by atoms with E-state index < -0.39 is 12.8 Å². The van der Waals surface area contributed by atoms with Gasteiger partial charge in [-0.3, -0.25) is 9.48 Å². The number of hydrogen-bond donors (Lipinski definition) is 1. The van der Waals surface area contributed by atoms with Crippen LogP contribution in [0.5, 0.6) is 0 Å². The largest absolute Gasteiger partial charge is 0.411 e. The summed E-state index contributed by atoms with van der Waals surface area (Å²) >= 11 is 0. The van der Waals surface area contributed by atoms with Crippen LogP contribution in [0.25, 0.3) is 0 Å². The van der Waals surface area contributed by atoms with E-state index >= 15 is 0 Å². The van der Waals surface area contributed by atoms with Crippen LogP contribution >= 0.6 is 0 Å². The van der Waals surface area contributed by atoms with Crippen molar-refractivity contribution in [2.24, 2.45) is 0 Å². The Morgan fingerprint density at radius 2 is 2.17 bits per heavy atom. The highest BCUT2D eigenvalue weighted by molar-refractivity contribution is 5.90. The van der Waals surface area contributed by atoms with E-state index in [-0.39, 0.29) is 19.1 Å². The summed E-state index contributed by atoms with van der Waals surface area (Å²) < 4.78 is 43.2. The van der Waals surface area contributed by atoms with Crippen LogP contribution in [-0.2, 0) is 22.8 Å². The Kier molecular flexibility index (Phi) is 5.37. The fraction of sp³-hybridized carbons (Fsp3) is 0.462. The SMILES string of the molecule is Cc1ccnn1CCC(=O)Nc1cnn(COCC(F)(F)F)c1. The molecule has 2 heterocycles. The van der Waals surface area contributed by atoms with E-state index in [1.165, 1.54) is 17.1 Å². The summed E-state index contributed by atoms with van der Waals surface area (Å²) in [6.07, 6.45) is 0.229. The Balaban J connectivity index is 1.75. The first-order chi connectivity index (χ1) is 10.8. The molecule has 0 fully saturated rings. The lowest BCUT2D eigenvalue weighted by molar-refractivity contribution is -0.182. The summed E-state index contributed by atoms with van der Waals surface area (Å²) in [4.78, 5) is 11.8. The van der Waals surface area contributed by atoms with Crippen LogP contribution in [0.15, 0.2) is 24.7 Å². The van der Waals surface area contributed by atoms with Gasteiger partial charge in [-0.15, -0.1) is 0 Å². The highest BCUT2D eigenvalue weighted by Crippen LogP contribution is 2.15. The zero-order chi connectivity index (χ0) is 16.9. The van der Waals surface area contributed by atoms with E-state index in [0.29, 0.717) is 12.2 Å². The van der Waals surface area contributed by atoms with Crippen LogP contribution in [-0.4, -0.2) is 38.3 Å². The molecule has 0 bridgehead atoms. The Labute approximate surface area is 130 Å². The van der Waals surface area contributed by atoms with Gasteiger partial charge in [0.1, 0.15) is 13.3 Å². The van der Waals surface area contributed by atoms with Crippen molar-refractivity contribution in [2.45, 2.75) is 32.8 Å². The number of aryl methyl sites for hydroxylation is 2. The van der Waals surface area contributed by atoms with E-state index in [1.54, 1.807) is 10.9 Å². The number of anilines is 1. The van der Waals surface area contributed by atoms with Gasteiger partial charge in [0, 0.05) is 24.9 Å². The zero-order valence-corrected chi connectivity index (χ0v) is 12.4. The number of rotatable bonds is 7. The average Bonchev–Trinajstić information content (AvgIpc) is 3.04. The predicted octanol–water partition coefficient (Wildman–Crippen LogP) is 1.95. The average molecular weight is 331 g/mol. The monoisotopic (exact) mass is 331 g/mol. The molecule has 0 saturated carbocycles. The molecule has 0 aliphatic heterocycles. The fourth-order valence-electron chi connectivity index (χ4n) is 1.82. The molecule has 126 valence electrons. The first-order valence-corrected chi connectivity index (χ1v) is 6.79. The van der Waals surface area contributed by atoms with Gasteiger partial charge in [0.15, 0.2) is 0 Å². The van der Waals surface area contributed by atoms with E-state index in [1.807, 2.05) is 13.0 Å². The molecule has 0 atom stereocenters. The van der Waals surface area contributed by atoms with Crippen molar-refractivity contribution in [2.75, 3.05) is 11.9 Å². The highest BCUT2D eigenvalue weighted by atomic mass is 19.4. The van der Waals surface area contributed by atoms with E-state index in [2.05, 4.69) is 20.3 Å². The van der Waals surface area contributed by atoms with E-state index in [9.17, 15) is 18.0 Å². The zero-order valence-electron chi connectivity index (χ0n) is 12.4. The Bertz CT molecular complexity index is 650. The molecule has 0 aromatic carbocycles. The summed E-state index contributed by atoms with van der Waals surface area (Å²) in [7, 11) is 0. The number of ether oxygens (including phenoxy) is 1. The van der Waals surface area contributed by atoms with Gasteiger partial charge in [0.25, 0.3) is 0 Å². The lowest BCUT2D eigenvalue weighted by atomic mass is 10.3. The van der Waals surface area contributed by atoms with Gasteiger partial charge < -0.3 is 10.1 Å². The van der Waals surface area contributed by atoms with Gasteiger partial charge >= 0.3 is 6.18 Å². The lowest BCUT2D eigenvalue weighted by Gasteiger charge is -2.07. The minimum Gasteiger partial charge on any atom is -0.350 e. The molecule has 1 amide bonds. The van der Waals surface area contributed by atoms with Crippen molar-refractivity contribution in [1.82, 2.24) is 19.6 Å². The maximum absolute atomic E-state index is 11.9. The second-order valence-corrected chi connectivity index (χ2v) is 4.86. The Morgan fingerprint density at radius 3 is 2.83 bits per heavy atom. The topological polar surface area (TPSA) is 74.0 Å². The van der Waals surface area contributed by atoms with Crippen molar-refractivity contribution in [3.8, 4) is 0 Å². The van der Waals surface area contributed by atoms with Crippen LogP contribution in [0, 0.1) is 6.92 Å². The Morgan fingerprint density at radius 1 is 1.39 bits per heavy atom. The lowest BCUT2D eigenvalue weighted by Crippen LogP contribution is -2.18. The molecule has 0 unspecified atom stereocenters. The summed E-state index contributed by atoms with van der Waals surface area (Å²) in [5.41, 5.74) is 1.34. The van der Waals surface area contributed by atoms with Crippen molar-refractivity contribution >= 4 is 11.6 Å². The van der Waals surface area contributed by atoms with Crippen LogP contribution in [0.1, 0.15) is 12.1 Å².